The highest BCUT2D eigenvalue weighted by molar-refractivity contribution is 7.20. The molecule has 0 saturated heterocycles. The van der Waals surface area contributed by atoms with E-state index in [1.807, 2.05) is 17.9 Å². The molecule has 2 aromatic carbocycles. The van der Waals surface area contributed by atoms with Gasteiger partial charge in [-0.25, -0.2) is 15.1 Å². The molecule has 10 rings (SSSR count). The summed E-state index contributed by atoms with van der Waals surface area (Å²) in [5, 5.41) is 18.0. The van der Waals surface area contributed by atoms with Crippen LogP contribution in [0.1, 0.15) is 59.6 Å². The van der Waals surface area contributed by atoms with Gasteiger partial charge in [0.25, 0.3) is 5.19 Å². The van der Waals surface area contributed by atoms with Gasteiger partial charge in [-0.2, -0.15) is 5.10 Å². The van der Waals surface area contributed by atoms with Gasteiger partial charge in [-0.1, -0.05) is 51.2 Å². The molecule has 0 spiro atoms. The number of nitrogens with zero attached hydrogens (tertiary/aromatic N) is 9. The summed E-state index contributed by atoms with van der Waals surface area (Å²) < 4.78 is 8.48. The third kappa shape index (κ3) is 7.05. The molecule has 2 aliphatic rings. The van der Waals surface area contributed by atoms with E-state index >= 15 is 0 Å². The lowest BCUT2D eigenvalue weighted by Crippen LogP contribution is -2.29. The van der Waals surface area contributed by atoms with E-state index in [0.717, 1.165) is 106 Å². The van der Waals surface area contributed by atoms with Crippen molar-refractivity contribution in [3.63, 3.8) is 0 Å². The van der Waals surface area contributed by atoms with Crippen molar-refractivity contribution in [2.75, 3.05) is 26.2 Å². The third-order valence-corrected chi connectivity index (χ3v) is 14.4. The number of nitrogens with one attached hydrogen (secondary N) is 1. The van der Waals surface area contributed by atoms with Gasteiger partial charge < -0.3 is 4.74 Å². The molecule has 0 aliphatic carbocycles. The molecule has 1 N–H and O–H groups in total. The van der Waals surface area contributed by atoms with Crippen LogP contribution in [0.2, 0.25) is 0 Å². The van der Waals surface area contributed by atoms with Crippen LogP contribution in [0.25, 0.3) is 41.6 Å². The van der Waals surface area contributed by atoms with E-state index in [9.17, 15) is 4.79 Å². The van der Waals surface area contributed by atoms with Crippen LogP contribution in [0.3, 0.4) is 0 Å². The monoisotopic (exact) mass is 816 g/mol. The molecule has 0 bridgehead atoms. The number of fused-ring (bicyclic) bond motifs is 4. The summed E-state index contributed by atoms with van der Waals surface area (Å²) in [6, 6.07) is 18.0. The summed E-state index contributed by atoms with van der Waals surface area (Å²) in [7, 11) is 0. The maximum Gasteiger partial charge on any atom is 0.322 e. The van der Waals surface area contributed by atoms with E-state index in [2.05, 4.69) is 97.6 Å². The van der Waals surface area contributed by atoms with Crippen molar-refractivity contribution in [1.29, 1.82) is 0 Å². The first-order chi connectivity index (χ1) is 27.4. The van der Waals surface area contributed by atoms with E-state index in [4.69, 9.17) is 19.7 Å². The Hall–Kier alpha value is -4.84. The maximum absolute atomic E-state index is 11.6. The molecule has 0 radical (unpaired) electrons. The fourth-order valence-electron chi connectivity index (χ4n) is 7.80. The van der Waals surface area contributed by atoms with Crippen molar-refractivity contribution in [3.8, 4) is 31.5 Å². The van der Waals surface area contributed by atoms with Crippen LogP contribution in [-0.2, 0) is 25.7 Å². The topological polar surface area (TPSA) is 139 Å². The molecule has 0 saturated carbocycles. The summed E-state index contributed by atoms with van der Waals surface area (Å²) in [6.07, 6.45) is 7.33. The molecule has 6 aromatic heterocycles. The van der Waals surface area contributed by atoms with Crippen molar-refractivity contribution >= 4 is 65.8 Å². The van der Waals surface area contributed by atoms with Crippen molar-refractivity contribution in [3.05, 3.63) is 110 Å². The van der Waals surface area contributed by atoms with E-state index in [-0.39, 0.29) is 10.9 Å². The molecular formula is C40H36N10O2S4. The molecule has 0 unspecified atom stereocenters. The number of H-pyrrole nitrogens is 1. The summed E-state index contributed by atoms with van der Waals surface area (Å²) in [4.78, 5) is 35.6. The molecule has 8 heterocycles. The Labute approximate surface area is 337 Å². The second-order valence-corrected chi connectivity index (χ2v) is 18.0. The van der Waals surface area contributed by atoms with Gasteiger partial charge in [-0.3, -0.25) is 24.6 Å². The largest absolute Gasteiger partial charge is 0.401 e. The molecule has 0 fully saturated rings. The number of benzene rings is 2. The van der Waals surface area contributed by atoms with Crippen molar-refractivity contribution < 1.29 is 4.74 Å². The Morgan fingerprint density at radius 1 is 0.679 bits per heavy atom. The van der Waals surface area contributed by atoms with Gasteiger partial charge in [0, 0.05) is 86.0 Å². The first-order valence-corrected chi connectivity index (χ1v) is 22.0. The first kappa shape index (κ1) is 35.6. The molecule has 8 aromatic rings. The number of thiazole rings is 2. The van der Waals surface area contributed by atoms with Gasteiger partial charge in [0.2, 0.25) is 0 Å². The zero-order valence-electron chi connectivity index (χ0n) is 30.6. The number of rotatable bonds is 8. The van der Waals surface area contributed by atoms with Crippen LogP contribution in [-0.4, -0.2) is 76.3 Å². The fourth-order valence-corrected chi connectivity index (χ4v) is 10.6. The highest BCUT2D eigenvalue weighted by atomic mass is 32.1. The molecule has 2 atom stereocenters. The minimum absolute atomic E-state index is 0.158. The Kier molecular flexibility index (Phi) is 9.47. The summed E-state index contributed by atoms with van der Waals surface area (Å²) in [5.41, 5.74) is 13.0. The second kappa shape index (κ2) is 14.9. The molecule has 12 nitrogen and oxygen atoms in total. The minimum atomic E-state index is -0.158. The number of ether oxygens (including phenoxy) is 1. The fraction of sp³-hybridized carbons (Fsp3) is 0.300. The van der Waals surface area contributed by atoms with Gasteiger partial charge in [0.05, 0.1) is 25.9 Å². The predicted molar refractivity (Wildman–Crippen MR) is 223 cm³/mol. The zero-order valence-corrected chi connectivity index (χ0v) is 33.9. The van der Waals surface area contributed by atoms with Crippen LogP contribution in [0.15, 0.2) is 71.2 Å². The Bertz CT molecular complexity index is 2770. The highest BCUT2D eigenvalue weighted by Gasteiger charge is 2.24. The maximum atomic E-state index is 11.6. The Morgan fingerprint density at radius 2 is 1.32 bits per heavy atom. The van der Waals surface area contributed by atoms with Crippen molar-refractivity contribution in [1.82, 2.24) is 50.1 Å². The highest BCUT2D eigenvalue weighted by Crippen LogP contribution is 2.37. The predicted octanol–water partition coefficient (Wildman–Crippen LogP) is 8.14. The van der Waals surface area contributed by atoms with E-state index < -0.39 is 0 Å². The molecule has 2 aliphatic heterocycles. The van der Waals surface area contributed by atoms with Gasteiger partial charge in [0.15, 0.2) is 5.01 Å². The van der Waals surface area contributed by atoms with E-state index in [1.54, 1.807) is 11.3 Å². The van der Waals surface area contributed by atoms with Gasteiger partial charge in [-0.15, -0.1) is 16.4 Å². The molecule has 56 heavy (non-hydrogen) atoms. The quantitative estimate of drug-likeness (QED) is 0.159. The molecule has 0 amide bonds. The Balaban J connectivity index is 0.787. The van der Waals surface area contributed by atoms with Crippen LogP contribution in [0.4, 0.5) is 0 Å². The third-order valence-electron chi connectivity index (χ3n) is 11.0. The van der Waals surface area contributed by atoms with E-state index in [0.29, 0.717) is 21.4 Å². The summed E-state index contributed by atoms with van der Waals surface area (Å²) >= 11 is 5.71. The van der Waals surface area contributed by atoms with Crippen LogP contribution in [0.5, 0.6) is 10.4 Å². The van der Waals surface area contributed by atoms with Crippen molar-refractivity contribution in [2.45, 2.75) is 51.6 Å². The second-order valence-electron chi connectivity index (χ2n) is 14.3. The molecular weight excluding hydrogens is 781 g/mol. The molecule has 16 heteroatoms. The van der Waals surface area contributed by atoms with Gasteiger partial charge >= 0.3 is 10.1 Å². The van der Waals surface area contributed by atoms with Crippen LogP contribution in [0, 0.1) is 0 Å². The zero-order chi connectivity index (χ0) is 37.8. The van der Waals surface area contributed by atoms with Crippen LogP contribution >= 0.6 is 45.3 Å². The lowest BCUT2D eigenvalue weighted by Gasteiger charge is -2.27. The normalized spacial score (nSPS) is 16.3. The SMILES string of the molecule is C[C@H](c1ccc2sc(Oc3nnc(-c4cnc5c(c4)CCN([C@@H](C)c4ccc6scnc6c4)CC5)s3)nc2c1)N1CCc2cc(-c3n[nH]c(=O)s3)cnc2CC1. The number of hydrogen-bond donors (Lipinski definition) is 1. The summed E-state index contributed by atoms with van der Waals surface area (Å²) in [6.45, 7) is 8.27. The van der Waals surface area contributed by atoms with Gasteiger partial charge in [-0.05, 0) is 85.3 Å². The first-order valence-electron chi connectivity index (χ1n) is 18.6. The van der Waals surface area contributed by atoms with Crippen LogP contribution < -0.4 is 9.61 Å². The standard InChI is InChI=1S/C40H36N10O2S4/c1-22(24-3-5-34-32(17-24)43-21-53-34)49-11-8-27-16-29(20-42-31(27)9-13-49)37-46-48-40(56-37)52-39-44-33-18-25(4-6-35(33)54-39)23(2)50-12-7-26-15-28(19-41-30(26)10-14-50)36-45-47-38(51)55-36/h3-6,15-23H,7-14H2,1-2H3,(H,47,51)/t22-,23+/m0/s1. The van der Waals surface area contributed by atoms with Gasteiger partial charge in [0.1, 0.15) is 5.01 Å². The minimum Gasteiger partial charge on any atom is -0.401 e. The Morgan fingerprint density at radius 3 is 2.00 bits per heavy atom. The average molecular weight is 817 g/mol. The van der Waals surface area contributed by atoms with Crippen molar-refractivity contribution in [2.24, 2.45) is 0 Å². The summed E-state index contributed by atoms with van der Waals surface area (Å²) in [5.74, 6) is 0. The number of pyridine rings is 2. The lowest BCUT2D eigenvalue weighted by atomic mass is 10.1. The average Bonchev–Trinajstić information content (AvgIpc) is 4.01. The molecule has 282 valence electrons. The number of hydrogen-bond acceptors (Lipinski definition) is 15. The number of aromatic nitrogens is 8. The number of aromatic amines is 1. The smallest absolute Gasteiger partial charge is 0.322 e. The lowest BCUT2D eigenvalue weighted by molar-refractivity contribution is 0.221. The van der Waals surface area contributed by atoms with E-state index in [1.165, 1.54) is 49.6 Å².